The molecule has 0 aliphatic carbocycles. The highest BCUT2D eigenvalue weighted by Crippen LogP contribution is 2.44. The number of benzene rings is 4. The number of methoxy groups -OCH3 is 2. The van der Waals surface area contributed by atoms with Gasteiger partial charge in [-0.05, 0) is 148 Å². The number of hydrogen-bond acceptors (Lipinski definition) is 26. The van der Waals surface area contributed by atoms with E-state index < -0.39 is 144 Å². The first kappa shape index (κ1) is 115. The molecule has 0 spiro atoms. The number of fused-ring (bicyclic) bond motifs is 1. The number of amides is 11. The molecule has 4 heterocycles. The molecule has 0 bridgehead atoms. The van der Waals surface area contributed by atoms with E-state index in [0.717, 1.165) is 35.2 Å². The van der Waals surface area contributed by atoms with Crippen molar-refractivity contribution in [1.29, 1.82) is 0 Å². The van der Waals surface area contributed by atoms with E-state index in [4.69, 9.17) is 66.2 Å². The lowest BCUT2D eigenvalue weighted by atomic mass is 9.89. The Labute approximate surface area is 829 Å². The molecule has 2 fully saturated rings. The van der Waals surface area contributed by atoms with Crippen LogP contribution in [0.4, 0.5) is 26.4 Å². The van der Waals surface area contributed by atoms with Gasteiger partial charge in [0, 0.05) is 106 Å². The van der Waals surface area contributed by atoms with E-state index in [9.17, 15) is 62.4 Å². The number of nitrogens with zero attached hydrogens (tertiary/aromatic N) is 6. The Kier molecular flexibility index (Phi) is 47.6. The number of anilines is 3. The smallest absolute Gasteiger partial charge is 0.386 e. The van der Waals surface area contributed by atoms with Gasteiger partial charge >= 0.3 is 17.7 Å². The average molecular weight is 2000 g/mol. The van der Waals surface area contributed by atoms with Crippen molar-refractivity contribution in [3.8, 4) is 22.5 Å². The van der Waals surface area contributed by atoms with Crippen LogP contribution >= 0.6 is 11.6 Å². The van der Waals surface area contributed by atoms with Crippen LogP contribution in [0, 0.1) is 42.3 Å². The van der Waals surface area contributed by atoms with Gasteiger partial charge in [0.1, 0.15) is 35.6 Å². The third-order valence-electron chi connectivity index (χ3n) is 25.3. The lowest BCUT2D eigenvalue weighted by molar-refractivity contribution is -0.208. The number of H-pyrrole nitrogens is 1. The fraction of sp³-hybridized carbons (Fsp3) is 0.596. The standard InChI is InChI=1S/C99H146ClFN18O20S/c1-16-62(9)86(78(133-14)54-81(122)119-39-21-25-77(119)89(134-15)63(10)92(124)108-64(11)88(123)66-22-18-17-19-23-66)116(12)97(129)84(59(4)5)115-96(128)85(60(6)7)117(13)99(131)139-56-65-26-29-71(30-27-65)109-93(125)74(24-20-36-106-98(103)130)113-95(127)83(58(2)3)114-94(126)76(57-140-132)110-80(121)35-43-136-45-47-138-49-48-137-46-44-135-42-34-79(120)104-37-38-105-90-82(91-111-73-31-28-68(100)53-75(73)112-91)87(118-40-32-70(102)33-41-118)72(55-107-90)67-50-61(8)51-69(101)52-67/h17-19,22-23,26-31,50-53,55,58-60,62-64,70,74,76-78,83-86,88-89,99,123,131H,16,20-21,24-25,32-49,54,56-57,102H2,1-15H3,(H11-,103,104,105,106,107,108,109,110,111,112,113,114,115,120,121,124,125,126,127,128,130)/p+1/t62-,63+,64+,74-,76-,77-,78+,83-,84-,85-,86-,88+,89+,99?/m0/s1. The van der Waals surface area contributed by atoms with E-state index in [0.29, 0.717) is 89.9 Å². The van der Waals surface area contributed by atoms with Gasteiger partial charge in [-0.15, -0.1) is 0 Å². The summed E-state index contributed by atoms with van der Waals surface area (Å²) in [5.74, 6) is -6.70. The normalized spacial score (nSPS) is 16.4. The molecule has 2 aliphatic heterocycles. The fourth-order valence-corrected chi connectivity index (χ4v) is 17.9. The van der Waals surface area contributed by atoms with Crippen molar-refractivity contribution in [1.82, 2.24) is 66.9 Å². The van der Waals surface area contributed by atoms with Crippen molar-refractivity contribution >= 4 is 111 Å². The van der Waals surface area contributed by atoms with Gasteiger partial charge in [-0.2, -0.15) is 0 Å². The van der Waals surface area contributed by atoms with Gasteiger partial charge in [-0.3, -0.25) is 43.2 Å². The zero-order chi connectivity index (χ0) is 102. The molecular formula is C99H147ClFN18O20S+. The van der Waals surface area contributed by atoms with Crippen molar-refractivity contribution in [2.24, 2.45) is 41.1 Å². The SMILES string of the molecule is CC[C@H](C)[C@@H]([C@@H](CC(=O)N1CCC[C@H]1[C@H](OC)[C@@H](C)C(=O)N[C@H](C)[C@@H](O)c1ccccc1)OC)N(C)C(=O)[C@@H](NC(=O)[C@H](C(C)C)N(C)C(O)OCc1ccc(NC(=O)[C@H](CCCNC(N)=O)NC(=O)[C@@H](NC(=O)[C@H](C[S+]=O)NC(=O)CCOCCOCCOCCOCCC(=O)NCCNc2ncc(-c3cc(C)cc(F)c3)c(N3CCC(N)CC3)c2-c2nc3ccc(Cl)cc3[nH]2)C(C)C)cc1)C(C)C. The van der Waals surface area contributed by atoms with Gasteiger partial charge in [0.2, 0.25) is 59.6 Å². The number of aliphatic hydroxyl groups is 2. The van der Waals surface area contributed by atoms with Crippen LogP contribution in [0.25, 0.3) is 33.5 Å². The number of urea groups is 1. The molecule has 38 nitrogen and oxygen atoms in total. The number of nitrogens with two attached hydrogens (primary N) is 2. The van der Waals surface area contributed by atoms with Gasteiger partial charge in [-0.1, -0.05) is 129 Å². The summed E-state index contributed by atoms with van der Waals surface area (Å²) >= 11 is 6.44. The molecule has 2 saturated heterocycles. The third-order valence-corrected chi connectivity index (χ3v) is 26.0. The summed E-state index contributed by atoms with van der Waals surface area (Å²) in [5, 5.41) is 48.5. The molecule has 2 aromatic heterocycles. The molecule has 0 saturated carbocycles. The highest BCUT2D eigenvalue weighted by molar-refractivity contribution is 7.65. The number of carbonyl (C=O) groups excluding carboxylic acids is 10. The molecular weight excluding hydrogens is 1850 g/mol. The summed E-state index contributed by atoms with van der Waals surface area (Å²) in [7, 11) is 6.16. The lowest BCUT2D eigenvalue weighted by Gasteiger charge is -2.41. The van der Waals surface area contributed by atoms with Crippen LogP contribution < -0.4 is 64.2 Å². The summed E-state index contributed by atoms with van der Waals surface area (Å²) in [4.78, 5) is 158. The fourth-order valence-electron chi connectivity index (χ4n) is 17.4. The van der Waals surface area contributed by atoms with Crippen LogP contribution in [-0.4, -0.2) is 298 Å². The Morgan fingerprint density at radius 1 is 0.686 bits per heavy atom. The molecule has 6 aromatic rings. The summed E-state index contributed by atoms with van der Waals surface area (Å²) in [6.45, 7) is 23.2. The number of primary amides is 1. The van der Waals surface area contributed by atoms with Crippen molar-refractivity contribution in [2.45, 2.75) is 226 Å². The quantitative estimate of drug-likeness (QED) is 0.0101. The number of aromatic nitrogens is 3. The monoisotopic (exact) mass is 1990 g/mol. The minimum Gasteiger partial charge on any atom is -0.386 e. The Balaban J connectivity index is 0.732. The van der Waals surface area contributed by atoms with E-state index in [1.54, 1.807) is 127 Å². The van der Waals surface area contributed by atoms with Gasteiger partial charge in [0.05, 0.1) is 137 Å². The molecule has 41 heteroatoms. The molecule has 140 heavy (non-hydrogen) atoms. The highest BCUT2D eigenvalue weighted by atomic mass is 35.5. The summed E-state index contributed by atoms with van der Waals surface area (Å²) in [5.41, 5.74) is 18.3. The number of pyridine rings is 1. The average Bonchev–Trinajstić information content (AvgIpc) is 1.68. The van der Waals surface area contributed by atoms with Crippen LogP contribution in [0.5, 0.6) is 0 Å². The lowest BCUT2D eigenvalue weighted by Crippen LogP contribution is -2.60. The summed E-state index contributed by atoms with van der Waals surface area (Å²) < 4.78 is 67.4. The van der Waals surface area contributed by atoms with E-state index in [1.807, 2.05) is 51.1 Å². The number of aliphatic hydroxyl groups excluding tert-OH is 2. The topological polar surface area (TPSA) is 508 Å². The summed E-state index contributed by atoms with van der Waals surface area (Å²) in [6, 6.07) is 17.3. The number of hydrogen-bond donors (Lipinski definition) is 14. The van der Waals surface area contributed by atoms with Crippen molar-refractivity contribution in [3.63, 3.8) is 0 Å². The maximum Gasteiger partial charge on any atom is 0.461 e. The number of rotatable bonds is 60. The van der Waals surface area contributed by atoms with Crippen molar-refractivity contribution in [3.05, 3.63) is 125 Å². The van der Waals surface area contributed by atoms with Crippen LogP contribution in [0.2, 0.25) is 5.02 Å². The first-order valence-electron chi connectivity index (χ1n) is 48.2. The molecule has 2 aliphatic rings. The van der Waals surface area contributed by atoms with E-state index in [2.05, 4.69) is 57.7 Å². The number of likely N-dealkylation sites (N-methyl/N-ethyl adjacent to an activating group) is 2. The number of carbonyl (C=O) groups is 10. The van der Waals surface area contributed by atoms with E-state index in [1.165, 1.54) is 38.3 Å². The zero-order valence-corrected chi connectivity index (χ0v) is 84.8. The van der Waals surface area contributed by atoms with Crippen LogP contribution in [0.3, 0.4) is 0 Å². The molecule has 1 unspecified atom stereocenters. The Hall–Kier alpha value is -10.6. The number of nitrogens with one attached hydrogen (secondary N) is 10. The van der Waals surface area contributed by atoms with Gasteiger partial charge in [-0.25, -0.2) is 24.1 Å². The van der Waals surface area contributed by atoms with Crippen molar-refractivity contribution in [2.75, 3.05) is 142 Å². The first-order valence-corrected chi connectivity index (χ1v) is 49.5. The number of imidazole rings is 1. The Morgan fingerprint density at radius 2 is 1.33 bits per heavy atom. The number of aryl methyl sites for hydroxylation is 1. The van der Waals surface area contributed by atoms with Gasteiger partial charge < -0.3 is 122 Å². The predicted octanol–water partition coefficient (Wildman–Crippen LogP) is 7.37. The molecule has 16 N–H and O–H groups in total. The maximum atomic E-state index is 15.0. The van der Waals surface area contributed by atoms with Gasteiger partial charge in [0.25, 0.3) is 5.75 Å². The molecule has 772 valence electrons. The molecule has 0 radical (unpaired) electrons. The largest absolute Gasteiger partial charge is 0.461 e. The molecule has 8 rings (SSSR count). The minimum atomic E-state index is -1.65. The minimum absolute atomic E-state index is 0.0118. The van der Waals surface area contributed by atoms with Gasteiger partial charge in [0.15, 0.2) is 6.04 Å². The third kappa shape index (κ3) is 34.6. The van der Waals surface area contributed by atoms with Crippen LogP contribution in [-0.2, 0) is 98.8 Å². The Morgan fingerprint density at radius 3 is 1.94 bits per heavy atom. The first-order chi connectivity index (χ1) is 66.9. The number of likely N-dealkylation sites (tertiary alicyclic amines) is 1. The predicted molar refractivity (Wildman–Crippen MR) is 532 cm³/mol. The van der Waals surface area contributed by atoms with Crippen LogP contribution in [0.15, 0.2) is 97.2 Å². The second-order valence-corrected chi connectivity index (χ2v) is 37.8. The maximum absolute atomic E-state index is 15.0. The van der Waals surface area contributed by atoms with E-state index >= 15 is 4.39 Å². The Bertz CT molecular complexity index is 4970. The second-order valence-electron chi connectivity index (χ2n) is 36.8. The molecule has 14 atom stereocenters. The molecule has 11 amide bonds. The number of aromatic amines is 1. The highest BCUT2D eigenvalue weighted by Gasteiger charge is 2.45. The zero-order valence-electron chi connectivity index (χ0n) is 83.3. The number of piperidine rings is 1. The van der Waals surface area contributed by atoms with E-state index in [-0.39, 0.29) is 158 Å². The number of ether oxygens (including phenoxy) is 7. The number of halogens is 2. The second kappa shape index (κ2) is 58.1. The van der Waals surface area contributed by atoms with Crippen molar-refractivity contribution < 1.29 is 99.9 Å². The molecule has 4 aromatic carbocycles. The summed E-state index contributed by atoms with van der Waals surface area (Å²) in [6.07, 6.45) is 1.00. The van der Waals surface area contributed by atoms with Crippen LogP contribution in [0.1, 0.15) is 156 Å².